The van der Waals surface area contributed by atoms with Crippen LogP contribution in [0.5, 0.6) is 0 Å². The number of hydrogen-bond acceptors (Lipinski definition) is 2. The fourth-order valence-corrected chi connectivity index (χ4v) is 3.54. The van der Waals surface area contributed by atoms with E-state index in [-0.39, 0.29) is 11.7 Å². The Kier molecular flexibility index (Phi) is 4.39. The van der Waals surface area contributed by atoms with E-state index in [0.29, 0.717) is 6.61 Å². The van der Waals surface area contributed by atoms with Gasteiger partial charge >= 0.3 is 0 Å². The zero-order valence-electron chi connectivity index (χ0n) is 15.3. The van der Waals surface area contributed by atoms with Gasteiger partial charge in [0.2, 0.25) is 0 Å². The Labute approximate surface area is 155 Å². The lowest BCUT2D eigenvalue weighted by Gasteiger charge is -2.36. The van der Waals surface area contributed by atoms with Crippen LogP contribution >= 0.6 is 0 Å². The average molecular weight is 344 g/mol. The molecule has 3 aromatic carbocycles. The smallest absolute Gasteiger partial charge is 0.143 e. The summed E-state index contributed by atoms with van der Waals surface area (Å²) in [6.45, 7) is 4.76. The standard InChI is InChI=1S/C24H24O2/c1-23(2)22(26-23)18-25-24(19-12-6-3-7-13-19,20-14-8-4-9-15-20)21-16-10-5-11-17-21/h3-17,22H,18H2,1-2H3/t22-/m1/s1. The molecule has 0 spiro atoms. The van der Waals surface area contributed by atoms with Crippen LogP contribution in [0.25, 0.3) is 0 Å². The van der Waals surface area contributed by atoms with E-state index in [9.17, 15) is 0 Å². The van der Waals surface area contributed by atoms with Crippen LogP contribution in [0.15, 0.2) is 91.0 Å². The van der Waals surface area contributed by atoms with Crippen molar-refractivity contribution in [1.29, 1.82) is 0 Å². The average Bonchev–Trinajstić information content (AvgIpc) is 3.31. The van der Waals surface area contributed by atoms with Crippen LogP contribution in [0, 0.1) is 0 Å². The SMILES string of the molecule is CC1(C)O[C@@H]1COC(c1ccccc1)(c1ccccc1)c1ccccc1. The van der Waals surface area contributed by atoms with Gasteiger partial charge in [-0.05, 0) is 30.5 Å². The van der Waals surface area contributed by atoms with Crippen LogP contribution in [-0.2, 0) is 15.1 Å². The molecule has 0 aliphatic carbocycles. The van der Waals surface area contributed by atoms with Crippen molar-refractivity contribution < 1.29 is 9.47 Å². The Morgan fingerprint density at radius 3 is 1.38 bits per heavy atom. The number of epoxide rings is 1. The first-order valence-corrected chi connectivity index (χ1v) is 9.11. The third kappa shape index (κ3) is 3.07. The largest absolute Gasteiger partial charge is 0.364 e. The summed E-state index contributed by atoms with van der Waals surface area (Å²) in [5, 5.41) is 0. The lowest BCUT2D eigenvalue weighted by Crippen LogP contribution is -2.34. The quantitative estimate of drug-likeness (QED) is 0.454. The highest BCUT2D eigenvalue weighted by Gasteiger charge is 2.50. The molecule has 4 rings (SSSR count). The summed E-state index contributed by atoms with van der Waals surface area (Å²) in [6.07, 6.45) is 0.123. The molecule has 1 aliphatic heterocycles. The lowest BCUT2D eigenvalue weighted by atomic mass is 9.80. The van der Waals surface area contributed by atoms with E-state index in [2.05, 4.69) is 86.6 Å². The first-order valence-electron chi connectivity index (χ1n) is 9.11. The maximum atomic E-state index is 6.72. The second kappa shape index (κ2) is 6.71. The minimum atomic E-state index is -0.661. The third-order valence-corrected chi connectivity index (χ3v) is 5.16. The molecule has 0 bridgehead atoms. The van der Waals surface area contributed by atoms with Gasteiger partial charge in [0.15, 0.2) is 0 Å². The second-order valence-electron chi connectivity index (χ2n) is 7.30. The lowest BCUT2D eigenvalue weighted by molar-refractivity contribution is 0.00423. The predicted octanol–water partition coefficient (Wildman–Crippen LogP) is 5.17. The second-order valence-corrected chi connectivity index (χ2v) is 7.30. The van der Waals surface area contributed by atoms with Crippen LogP contribution in [0.2, 0.25) is 0 Å². The summed E-state index contributed by atoms with van der Waals surface area (Å²) in [7, 11) is 0. The van der Waals surface area contributed by atoms with Crippen molar-refractivity contribution in [3.63, 3.8) is 0 Å². The summed E-state index contributed by atoms with van der Waals surface area (Å²) in [4.78, 5) is 0. The summed E-state index contributed by atoms with van der Waals surface area (Å²) in [5.41, 5.74) is 2.60. The van der Waals surface area contributed by atoms with E-state index in [0.717, 1.165) is 16.7 Å². The minimum Gasteiger partial charge on any atom is -0.364 e. The van der Waals surface area contributed by atoms with Gasteiger partial charge in [0.1, 0.15) is 11.7 Å². The first-order chi connectivity index (χ1) is 12.6. The molecule has 1 saturated heterocycles. The van der Waals surface area contributed by atoms with Gasteiger partial charge in [0, 0.05) is 0 Å². The highest BCUT2D eigenvalue weighted by molar-refractivity contribution is 5.47. The zero-order chi connectivity index (χ0) is 18.0. The van der Waals surface area contributed by atoms with Gasteiger partial charge in [0.25, 0.3) is 0 Å². The van der Waals surface area contributed by atoms with Crippen molar-refractivity contribution >= 4 is 0 Å². The van der Waals surface area contributed by atoms with Crippen molar-refractivity contribution in [2.45, 2.75) is 31.2 Å². The molecule has 2 heteroatoms. The molecule has 1 aliphatic rings. The topological polar surface area (TPSA) is 21.8 Å². The van der Waals surface area contributed by atoms with E-state index in [4.69, 9.17) is 9.47 Å². The molecule has 0 unspecified atom stereocenters. The molecule has 3 aromatic rings. The third-order valence-electron chi connectivity index (χ3n) is 5.16. The molecule has 2 nitrogen and oxygen atoms in total. The number of hydrogen-bond donors (Lipinski definition) is 0. The van der Waals surface area contributed by atoms with Gasteiger partial charge in [-0.3, -0.25) is 0 Å². The zero-order valence-corrected chi connectivity index (χ0v) is 15.3. The molecule has 1 fully saturated rings. The van der Waals surface area contributed by atoms with Crippen molar-refractivity contribution in [1.82, 2.24) is 0 Å². The molecule has 0 N–H and O–H groups in total. The molecular weight excluding hydrogens is 320 g/mol. The molecule has 26 heavy (non-hydrogen) atoms. The summed E-state index contributed by atoms with van der Waals surface area (Å²) < 4.78 is 12.5. The number of benzene rings is 3. The fraction of sp³-hybridized carbons (Fsp3) is 0.250. The normalized spacial score (nSPS) is 18.5. The van der Waals surface area contributed by atoms with E-state index in [1.54, 1.807) is 0 Å². The maximum absolute atomic E-state index is 6.72. The molecule has 1 heterocycles. The molecular formula is C24H24O2. The number of rotatable bonds is 6. The van der Waals surface area contributed by atoms with Crippen molar-refractivity contribution in [2.75, 3.05) is 6.61 Å². The Balaban J connectivity index is 1.85. The van der Waals surface area contributed by atoms with Crippen LogP contribution < -0.4 is 0 Å². The van der Waals surface area contributed by atoms with Crippen LogP contribution in [-0.4, -0.2) is 18.3 Å². The Hall–Kier alpha value is -2.42. The van der Waals surface area contributed by atoms with Crippen molar-refractivity contribution in [3.8, 4) is 0 Å². The van der Waals surface area contributed by atoms with Gasteiger partial charge in [-0.2, -0.15) is 0 Å². The van der Waals surface area contributed by atoms with E-state index >= 15 is 0 Å². The first kappa shape index (κ1) is 17.0. The summed E-state index contributed by atoms with van der Waals surface area (Å²) in [5.74, 6) is 0. The van der Waals surface area contributed by atoms with Gasteiger partial charge in [0.05, 0.1) is 12.2 Å². The van der Waals surface area contributed by atoms with Gasteiger partial charge in [-0.1, -0.05) is 91.0 Å². The van der Waals surface area contributed by atoms with Crippen LogP contribution in [0.3, 0.4) is 0 Å². The van der Waals surface area contributed by atoms with Gasteiger partial charge < -0.3 is 9.47 Å². The summed E-state index contributed by atoms with van der Waals surface area (Å²) in [6, 6.07) is 31.3. The highest BCUT2D eigenvalue weighted by atomic mass is 16.6. The molecule has 0 amide bonds. The molecule has 0 radical (unpaired) electrons. The Morgan fingerprint density at radius 1 is 0.731 bits per heavy atom. The number of ether oxygens (including phenoxy) is 2. The van der Waals surface area contributed by atoms with Crippen LogP contribution in [0.4, 0.5) is 0 Å². The summed E-state index contributed by atoms with van der Waals surface area (Å²) >= 11 is 0. The Morgan fingerprint density at radius 2 is 1.08 bits per heavy atom. The molecule has 132 valence electrons. The predicted molar refractivity (Wildman–Crippen MR) is 104 cm³/mol. The van der Waals surface area contributed by atoms with Gasteiger partial charge in [-0.25, -0.2) is 0 Å². The molecule has 1 atom stereocenters. The monoisotopic (exact) mass is 344 g/mol. The minimum absolute atomic E-state index is 0.101. The molecule has 0 aromatic heterocycles. The van der Waals surface area contributed by atoms with E-state index in [1.165, 1.54) is 0 Å². The van der Waals surface area contributed by atoms with Crippen molar-refractivity contribution in [3.05, 3.63) is 108 Å². The maximum Gasteiger partial charge on any atom is 0.143 e. The fourth-order valence-electron chi connectivity index (χ4n) is 3.54. The molecule has 0 saturated carbocycles. The van der Waals surface area contributed by atoms with E-state index < -0.39 is 5.60 Å². The van der Waals surface area contributed by atoms with Crippen molar-refractivity contribution in [2.24, 2.45) is 0 Å². The van der Waals surface area contributed by atoms with Crippen LogP contribution in [0.1, 0.15) is 30.5 Å². The van der Waals surface area contributed by atoms with E-state index in [1.807, 2.05) is 18.2 Å². The Bertz CT molecular complexity index is 744. The van der Waals surface area contributed by atoms with Gasteiger partial charge in [-0.15, -0.1) is 0 Å². The highest BCUT2D eigenvalue weighted by Crippen LogP contribution is 2.43.